The van der Waals surface area contributed by atoms with E-state index < -0.39 is 22.6 Å². The molecule has 2 heterocycles. The van der Waals surface area contributed by atoms with Crippen LogP contribution in [0.2, 0.25) is 0 Å². The average molecular weight is 612 g/mol. The number of amides is 1. The van der Waals surface area contributed by atoms with Gasteiger partial charge >= 0.3 is 6.18 Å². The predicted molar refractivity (Wildman–Crippen MR) is 165 cm³/mol. The number of benzene rings is 3. The van der Waals surface area contributed by atoms with Gasteiger partial charge in [0.05, 0.1) is 17.0 Å². The second kappa shape index (κ2) is 11.7. The molecule has 0 aliphatic carbocycles. The molecule has 4 aromatic rings. The van der Waals surface area contributed by atoms with E-state index in [1.807, 2.05) is 18.2 Å². The van der Waals surface area contributed by atoms with Crippen LogP contribution < -0.4 is 10.6 Å². The van der Waals surface area contributed by atoms with Gasteiger partial charge in [0.2, 0.25) is 0 Å². The molecule has 228 valence electrons. The molecular weight excluding hydrogens is 575 g/mol. The summed E-state index contributed by atoms with van der Waals surface area (Å²) in [5, 5.41) is 6.93. The third-order valence-electron chi connectivity index (χ3n) is 7.91. The van der Waals surface area contributed by atoms with Gasteiger partial charge in [0, 0.05) is 34.9 Å². The van der Waals surface area contributed by atoms with Crippen LogP contribution in [0.25, 0.3) is 22.2 Å². The van der Waals surface area contributed by atoms with Crippen LogP contribution in [0.4, 0.5) is 18.9 Å². The van der Waals surface area contributed by atoms with Crippen molar-refractivity contribution in [3.8, 4) is 11.3 Å². The lowest BCUT2D eigenvalue weighted by molar-refractivity contribution is -0.139. The van der Waals surface area contributed by atoms with E-state index in [1.54, 1.807) is 54.6 Å². The summed E-state index contributed by atoms with van der Waals surface area (Å²) in [6.45, 7) is 5.45. The molecule has 1 saturated heterocycles. The molecule has 5 rings (SSSR count). The minimum Gasteiger partial charge on any atom is -0.382 e. The summed E-state index contributed by atoms with van der Waals surface area (Å²) >= 11 is 0. The van der Waals surface area contributed by atoms with E-state index in [0.29, 0.717) is 46.3 Å². The van der Waals surface area contributed by atoms with Crippen molar-refractivity contribution in [2.75, 3.05) is 16.8 Å². The molecule has 0 saturated carbocycles. The van der Waals surface area contributed by atoms with Gasteiger partial charge in [0.15, 0.2) is 0 Å². The van der Waals surface area contributed by atoms with Gasteiger partial charge in [0.1, 0.15) is 16.4 Å². The van der Waals surface area contributed by atoms with E-state index in [-0.39, 0.29) is 35.4 Å². The third kappa shape index (κ3) is 7.41. The zero-order valence-corrected chi connectivity index (χ0v) is 25.3. The summed E-state index contributed by atoms with van der Waals surface area (Å²) in [5.41, 5.74) is 4.65. The molecule has 6 nitrogen and oxygen atoms in total. The second-order valence-corrected chi connectivity index (χ2v) is 14.6. The molecule has 0 bridgehead atoms. The predicted octanol–water partition coefficient (Wildman–Crippen LogP) is 7.09. The molecule has 2 N–H and O–H groups in total. The van der Waals surface area contributed by atoms with E-state index in [1.165, 1.54) is 4.57 Å². The first-order chi connectivity index (χ1) is 20.2. The number of halogens is 3. The molecule has 1 fully saturated rings. The highest BCUT2D eigenvalue weighted by atomic mass is 32.2. The number of alkyl halides is 3. The molecule has 3 aromatic carbocycles. The summed E-state index contributed by atoms with van der Waals surface area (Å²) in [6.07, 6.45) is -3.53. The van der Waals surface area contributed by atoms with E-state index >= 15 is 0 Å². The lowest BCUT2D eigenvalue weighted by atomic mass is 9.87. The van der Waals surface area contributed by atoms with Crippen molar-refractivity contribution in [3.05, 3.63) is 89.5 Å². The number of anilines is 1. The van der Waals surface area contributed by atoms with E-state index in [9.17, 15) is 26.4 Å². The molecular formula is C33H36F3N3O3S. The molecule has 10 heteroatoms. The van der Waals surface area contributed by atoms with Crippen molar-refractivity contribution < 1.29 is 26.4 Å². The highest BCUT2D eigenvalue weighted by Crippen LogP contribution is 2.36. The third-order valence-corrected chi connectivity index (χ3v) is 9.63. The number of nitrogens with one attached hydrogen (secondary N) is 2. The first-order valence-electron chi connectivity index (χ1n) is 14.3. The molecule has 0 atom stereocenters. The zero-order valence-electron chi connectivity index (χ0n) is 24.5. The van der Waals surface area contributed by atoms with Gasteiger partial charge in [-0.1, -0.05) is 63.2 Å². The van der Waals surface area contributed by atoms with Crippen LogP contribution in [0.1, 0.15) is 55.1 Å². The highest BCUT2D eigenvalue weighted by Gasteiger charge is 2.31. The monoisotopic (exact) mass is 611 g/mol. The van der Waals surface area contributed by atoms with Crippen LogP contribution in [0.15, 0.2) is 72.8 Å². The molecule has 0 radical (unpaired) electrons. The van der Waals surface area contributed by atoms with Gasteiger partial charge in [-0.3, -0.25) is 4.79 Å². The smallest absolute Gasteiger partial charge is 0.382 e. The Kier molecular flexibility index (Phi) is 8.35. The molecule has 43 heavy (non-hydrogen) atoms. The summed E-state index contributed by atoms with van der Waals surface area (Å²) in [4.78, 5) is 12.7. The Morgan fingerprint density at radius 3 is 2.19 bits per heavy atom. The quantitative estimate of drug-likeness (QED) is 0.234. The summed E-state index contributed by atoms with van der Waals surface area (Å²) in [7, 11) is -3.04. The number of fused-ring (bicyclic) bond motifs is 1. The Balaban J connectivity index is 1.36. The van der Waals surface area contributed by atoms with Crippen LogP contribution in [-0.2, 0) is 28.3 Å². The van der Waals surface area contributed by atoms with Crippen LogP contribution in [0.3, 0.4) is 0 Å². The largest absolute Gasteiger partial charge is 0.406 e. The maximum Gasteiger partial charge on any atom is 0.406 e. The Labute approximate surface area is 250 Å². The van der Waals surface area contributed by atoms with Crippen molar-refractivity contribution in [1.29, 1.82) is 0 Å². The maximum atomic E-state index is 13.7. The summed E-state index contributed by atoms with van der Waals surface area (Å²) in [6, 6.07) is 21.5. The van der Waals surface area contributed by atoms with Gasteiger partial charge in [-0.15, -0.1) is 0 Å². The first kappa shape index (κ1) is 30.7. The van der Waals surface area contributed by atoms with E-state index in [0.717, 1.165) is 11.1 Å². The number of carbonyl (C=O) groups is 1. The Bertz CT molecular complexity index is 1710. The lowest BCUT2D eigenvalue weighted by Gasteiger charge is -2.24. The Morgan fingerprint density at radius 1 is 0.930 bits per heavy atom. The van der Waals surface area contributed by atoms with Crippen LogP contribution in [0, 0.1) is 0 Å². The minimum absolute atomic E-state index is 0.0125. The number of hydrogen-bond acceptors (Lipinski definition) is 4. The molecule has 1 aromatic heterocycles. The van der Waals surface area contributed by atoms with Crippen molar-refractivity contribution in [2.24, 2.45) is 0 Å². The zero-order chi connectivity index (χ0) is 31.0. The Hall–Kier alpha value is -3.79. The SMILES string of the molecule is CC(C)(C)c1ccc(C(=O)NCc2ccc(-c3cc4c(NC5CCS(=O)(=O)CC5)cccc4n3CC(F)(F)F)cc2)cc1. The number of carbonyl (C=O) groups excluding carboxylic acids is 1. The van der Waals surface area contributed by atoms with Gasteiger partial charge in [-0.25, -0.2) is 8.42 Å². The number of aromatic nitrogens is 1. The van der Waals surface area contributed by atoms with Crippen molar-refractivity contribution in [1.82, 2.24) is 9.88 Å². The highest BCUT2D eigenvalue weighted by molar-refractivity contribution is 7.91. The normalized spacial score (nSPS) is 15.9. The number of nitrogens with zero attached hydrogens (tertiary/aromatic N) is 1. The minimum atomic E-state index is -4.43. The number of sulfone groups is 1. The van der Waals surface area contributed by atoms with Crippen LogP contribution >= 0.6 is 0 Å². The number of hydrogen-bond donors (Lipinski definition) is 2. The van der Waals surface area contributed by atoms with E-state index in [2.05, 4.69) is 31.4 Å². The topological polar surface area (TPSA) is 80.2 Å². The standard InChI is InChI=1S/C33H36F3N3O3S/c1-32(2,3)25-13-11-24(12-14-25)31(40)37-20-22-7-9-23(10-8-22)30-19-27-28(38-26-15-17-43(41,42)18-16-26)5-4-6-29(27)39(30)21-33(34,35)36/h4-14,19,26,38H,15-18,20-21H2,1-3H3,(H,37,40). The summed E-state index contributed by atoms with van der Waals surface area (Å²) < 4.78 is 66.1. The van der Waals surface area contributed by atoms with Gasteiger partial charge < -0.3 is 15.2 Å². The second-order valence-electron chi connectivity index (χ2n) is 12.2. The molecule has 1 aliphatic heterocycles. The van der Waals surface area contributed by atoms with Crippen LogP contribution in [0.5, 0.6) is 0 Å². The van der Waals surface area contributed by atoms with Gasteiger partial charge in [-0.2, -0.15) is 13.2 Å². The van der Waals surface area contributed by atoms with Crippen molar-refractivity contribution in [2.45, 2.75) is 64.3 Å². The van der Waals surface area contributed by atoms with Crippen molar-refractivity contribution in [3.63, 3.8) is 0 Å². The lowest BCUT2D eigenvalue weighted by Crippen LogP contribution is -2.32. The average Bonchev–Trinajstić information content (AvgIpc) is 3.30. The fraction of sp³-hybridized carbons (Fsp3) is 0.364. The fourth-order valence-corrected chi connectivity index (χ4v) is 6.94. The van der Waals surface area contributed by atoms with E-state index in [4.69, 9.17) is 0 Å². The fourth-order valence-electron chi connectivity index (χ4n) is 5.45. The molecule has 0 unspecified atom stereocenters. The van der Waals surface area contributed by atoms with Gasteiger partial charge in [0.25, 0.3) is 5.91 Å². The molecule has 1 amide bonds. The number of rotatable bonds is 7. The Morgan fingerprint density at radius 2 is 1.58 bits per heavy atom. The van der Waals surface area contributed by atoms with Crippen molar-refractivity contribution >= 4 is 32.3 Å². The van der Waals surface area contributed by atoms with Gasteiger partial charge in [-0.05, 0) is 65.3 Å². The summed E-state index contributed by atoms with van der Waals surface area (Å²) in [5.74, 6) is -0.0143. The molecule has 1 aliphatic rings. The first-order valence-corrected chi connectivity index (χ1v) is 16.1. The maximum absolute atomic E-state index is 13.7. The van der Waals surface area contributed by atoms with Crippen LogP contribution in [-0.4, -0.2) is 42.6 Å². The molecule has 0 spiro atoms.